The summed E-state index contributed by atoms with van der Waals surface area (Å²) in [6.07, 6.45) is 2.35. The van der Waals surface area contributed by atoms with E-state index in [4.69, 9.17) is 4.74 Å². The molecule has 0 amide bonds. The second-order valence-electron chi connectivity index (χ2n) is 4.16. The van der Waals surface area contributed by atoms with E-state index in [2.05, 4.69) is 32.6 Å². The highest BCUT2D eigenvalue weighted by Gasteiger charge is 2.15. The minimum atomic E-state index is 0.128. The molecule has 19 heavy (non-hydrogen) atoms. The third-order valence-corrected chi connectivity index (χ3v) is 3.58. The van der Waals surface area contributed by atoms with Gasteiger partial charge in [-0.15, -0.1) is 11.3 Å². The Labute approximate surface area is 117 Å². The SMILES string of the molecule is CCNC(Cc1csc(C)n1)c1cc(OC)ncn1. The van der Waals surface area contributed by atoms with E-state index in [-0.39, 0.29) is 6.04 Å². The van der Waals surface area contributed by atoms with E-state index in [0.717, 1.165) is 29.4 Å². The molecular weight excluding hydrogens is 260 g/mol. The lowest BCUT2D eigenvalue weighted by atomic mass is 10.1. The number of methoxy groups -OCH3 is 1. The highest BCUT2D eigenvalue weighted by atomic mass is 32.1. The molecule has 0 radical (unpaired) electrons. The molecule has 1 N–H and O–H groups in total. The van der Waals surface area contributed by atoms with Gasteiger partial charge in [-0.2, -0.15) is 0 Å². The van der Waals surface area contributed by atoms with Gasteiger partial charge in [0.2, 0.25) is 5.88 Å². The van der Waals surface area contributed by atoms with E-state index in [9.17, 15) is 0 Å². The molecule has 0 bridgehead atoms. The number of aryl methyl sites for hydroxylation is 1. The zero-order chi connectivity index (χ0) is 13.7. The maximum Gasteiger partial charge on any atom is 0.216 e. The summed E-state index contributed by atoms with van der Waals surface area (Å²) in [5.74, 6) is 0.586. The third kappa shape index (κ3) is 3.71. The van der Waals surface area contributed by atoms with Crippen LogP contribution < -0.4 is 10.1 Å². The highest BCUT2D eigenvalue weighted by molar-refractivity contribution is 7.09. The van der Waals surface area contributed by atoms with Gasteiger partial charge in [-0.3, -0.25) is 0 Å². The number of ether oxygens (including phenoxy) is 1. The molecule has 1 atom stereocenters. The second-order valence-corrected chi connectivity index (χ2v) is 5.22. The van der Waals surface area contributed by atoms with Crippen LogP contribution in [0.5, 0.6) is 5.88 Å². The summed E-state index contributed by atoms with van der Waals surface area (Å²) in [6.45, 7) is 4.97. The Balaban J connectivity index is 2.18. The minimum absolute atomic E-state index is 0.128. The molecule has 0 aliphatic heterocycles. The first-order chi connectivity index (χ1) is 9.22. The van der Waals surface area contributed by atoms with Gasteiger partial charge in [-0.25, -0.2) is 15.0 Å². The topological polar surface area (TPSA) is 59.9 Å². The van der Waals surface area contributed by atoms with Crippen LogP contribution in [0, 0.1) is 6.92 Å². The third-order valence-electron chi connectivity index (χ3n) is 2.76. The van der Waals surface area contributed by atoms with Crippen LogP contribution in [0.15, 0.2) is 17.8 Å². The van der Waals surface area contributed by atoms with Gasteiger partial charge in [0.1, 0.15) is 6.33 Å². The van der Waals surface area contributed by atoms with E-state index in [1.165, 1.54) is 6.33 Å². The number of aromatic nitrogens is 3. The fourth-order valence-corrected chi connectivity index (χ4v) is 2.52. The first-order valence-corrected chi connectivity index (χ1v) is 7.11. The van der Waals surface area contributed by atoms with Crippen LogP contribution in [-0.4, -0.2) is 28.6 Å². The molecular formula is C13H18N4OS. The van der Waals surface area contributed by atoms with Crippen molar-refractivity contribution in [3.63, 3.8) is 0 Å². The van der Waals surface area contributed by atoms with Gasteiger partial charge in [-0.1, -0.05) is 6.92 Å². The van der Waals surface area contributed by atoms with Crippen LogP contribution in [0.25, 0.3) is 0 Å². The summed E-state index contributed by atoms with van der Waals surface area (Å²) in [5, 5.41) is 6.61. The zero-order valence-electron chi connectivity index (χ0n) is 11.4. The normalized spacial score (nSPS) is 12.4. The van der Waals surface area contributed by atoms with E-state index in [1.54, 1.807) is 18.4 Å². The Morgan fingerprint density at radius 2 is 2.26 bits per heavy atom. The van der Waals surface area contributed by atoms with Gasteiger partial charge in [0, 0.05) is 17.9 Å². The average molecular weight is 278 g/mol. The average Bonchev–Trinajstić information content (AvgIpc) is 2.84. The van der Waals surface area contributed by atoms with Crippen molar-refractivity contribution >= 4 is 11.3 Å². The van der Waals surface area contributed by atoms with Crippen molar-refractivity contribution < 1.29 is 4.74 Å². The Hall–Kier alpha value is -1.53. The summed E-state index contributed by atoms with van der Waals surface area (Å²) in [7, 11) is 1.61. The molecule has 0 saturated heterocycles. The van der Waals surface area contributed by atoms with Crippen molar-refractivity contribution in [3.8, 4) is 5.88 Å². The highest BCUT2D eigenvalue weighted by Crippen LogP contribution is 2.20. The summed E-state index contributed by atoms with van der Waals surface area (Å²) < 4.78 is 5.15. The molecule has 1 unspecified atom stereocenters. The Morgan fingerprint density at radius 1 is 1.42 bits per heavy atom. The zero-order valence-corrected chi connectivity index (χ0v) is 12.2. The molecule has 0 spiro atoms. The molecule has 0 aliphatic carbocycles. The molecule has 0 aliphatic rings. The van der Waals surface area contributed by atoms with Gasteiger partial charge in [0.15, 0.2) is 0 Å². The summed E-state index contributed by atoms with van der Waals surface area (Å²) in [5.41, 5.74) is 2.02. The van der Waals surface area contributed by atoms with Gasteiger partial charge in [0.25, 0.3) is 0 Å². The maximum atomic E-state index is 5.15. The predicted molar refractivity (Wildman–Crippen MR) is 75.6 cm³/mol. The van der Waals surface area contributed by atoms with Crippen molar-refractivity contribution in [2.24, 2.45) is 0 Å². The Bertz CT molecular complexity index is 529. The number of rotatable bonds is 6. The van der Waals surface area contributed by atoms with E-state index < -0.39 is 0 Å². The first-order valence-electron chi connectivity index (χ1n) is 6.23. The molecule has 2 heterocycles. The van der Waals surface area contributed by atoms with Gasteiger partial charge < -0.3 is 10.1 Å². The number of nitrogens with zero attached hydrogens (tertiary/aromatic N) is 3. The number of hydrogen-bond acceptors (Lipinski definition) is 6. The molecule has 0 aromatic carbocycles. The van der Waals surface area contributed by atoms with Crippen molar-refractivity contribution in [1.82, 2.24) is 20.3 Å². The molecule has 0 fully saturated rings. The van der Waals surface area contributed by atoms with Crippen LogP contribution in [0.3, 0.4) is 0 Å². The van der Waals surface area contributed by atoms with Crippen LogP contribution in [0.2, 0.25) is 0 Å². The first kappa shape index (κ1) is 13.9. The quantitative estimate of drug-likeness (QED) is 0.877. The number of likely N-dealkylation sites (N-methyl/N-ethyl adjacent to an activating group) is 1. The molecule has 2 rings (SSSR count). The van der Waals surface area contributed by atoms with Gasteiger partial charge >= 0.3 is 0 Å². The second kappa shape index (κ2) is 6.58. The van der Waals surface area contributed by atoms with Crippen molar-refractivity contribution in [1.29, 1.82) is 0 Å². The lowest BCUT2D eigenvalue weighted by molar-refractivity contribution is 0.393. The van der Waals surface area contributed by atoms with E-state index in [1.807, 2.05) is 13.0 Å². The van der Waals surface area contributed by atoms with Crippen LogP contribution >= 0.6 is 11.3 Å². The van der Waals surface area contributed by atoms with Crippen LogP contribution in [-0.2, 0) is 6.42 Å². The maximum absolute atomic E-state index is 5.15. The predicted octanol–water partition coefficient (Wildman–Crippen LogP) is 2.14. The summed E-state index contributed by atoms with van der Waals surface area (Å²) >= 11 is 1.67. The van der Waals surface area contributed by atoms with E-state index in [0.29, 0.717) is 5.88 Å². The lowest BCUT2D eigenvalue weighted by Gasteiger charge is -2.16. The fourth-order valence-electron chi connectivity index (χ4n) is 1.89. The van der Waals surface area contributed by atoms with Crippen LogP contribution in [0.4, 0.5) is 0 Å². The molecule has 6 heteroatoms. The lowest BCUT2D eigenvalue weighted by Crippen LogP contribution is -2.24. The van der Waals surface area contributed by atoms with Crippen molar-refractivity contribution in [2.75, 3.05) is 13.7 Å². The van der Waals surface area contributed by atoms with Crippen molar-refractivity contribution in [3.05, 3.63) is 34.2 Å². The largest absolute Gasteiger partial charge is 0.481 e. The number of nitrogens with one attached hydrogen (secondary N) is 1. The van der Waals surface area contributed by atoms with E-state index >= 15 is 0 Å². The summed E-state index contributed by atoms with van der Waals surface area (Å²) in [6, 6.07) is 2.00. The fraction of sp³-hybridized carbons (Fsp3) is 0.462. The minimum Gasteiger partial charge on any atom is -0.481 e. The number of thiazole rings is 1. The van der Waals surface area contributed by atoms with Crippen LogP contribution in [0.1, 0.15) is 29.4 Å². The molecule has 5 nitrogen and oxygen atoms in total. The van der Waals surface area contributed by atoms with Gasteiger partial charge in [0.05, 0.1) is 29.5 Å². The monoisotopic (exact) mass is 278 g/mol. The molecule has 102 valence electrons. The van der Waals surface area contributed by atoms with Crippen molar-refractivity contribution in [2.45, 2.75) is 26.3 Å². The Kier molecular flexibility index (Phi) is 4.81. The number of hydrogen-bond donors (Lipinski definition) is 1. The smallest absolute Gasteiger partial charge is 0.216 e. The molecule has 2 aromatic heterocycles. The molecule has 0 saturated carbocycles. The van der Waals surface area contributed by atoms with Gasteiger partial charge in [-0.05, 0) is 13.5 Å². The summed E-state index contributed by atoms with van der Waals surface area (Å²) in [4.78, 5) is 12.9. The Morgan fingerprint density at radius 3 is 2.89 bits per heavy atom. The molecule has 2 aromatic rings. The standard InChI is InChI=1S/C13H18N4OS/c1-4-14-11(5-10-7-19-9(2)17-10)12-6-13(18-3)16-8-15-12/h6-8,11,14H,4-5H2,1-3H3.